The lowest BCUT2D eigenvalue weighted by Gasteiger charge is -2.23. The minimum Gasteiger partial charge on any atom is -0.345 e. The molecule has 0 fully saturated rings. The Morgan fingerprint density at radius 1 is 0.870 bits per heavy atom. The Balaban J connectivity index is 2.18. The van der Waals surface area contributed by atoms with Gasteiger partial charge in [0.2, 0.25) is 0 Å². The van der Waals surface area contributed by atoms with E-state index in [0.717, 1.165) is 5.56 Å². The van der Waals surface area contributed by atoms with Crippen LogP contribution in [0.5, 0.6) is 0 Å². The van der Waals surface area contributed by atoms with Crippen LogP contribution in [0.4, 0.5) is 4.39 Å². The molecule has 2 aromatic carbocycles. The van der Waals surface area contributed by atoms with Crippen molar-refractivity contribution in [3.05, 3.63) is 71.0 Å². The molecule has 0 aromatic heterocycles. The fourth-order valence-corrected chi connectivity index (χ4v) is 2.55. The summed E-state index contributed by atoms with van der Waals surface area (Å²) in [5.74, 6) is 0.211. The van der Waals surface area contributed by atoms with E-state index in [-0.39, 0.29) is 23.7 Å². The van der Waals surface area contributed by atoms with Crippen LogP contribution in [-0.2, 0) is 0 Å². The summed E-state index contributed by atoms with van der Waals surface area (Å²) in [6.07, 6.45) is 0. The Labute approximate surface area is 137 Å². The molecule has 0 aliphatic carbocycles. The highest BCUT2D eigenvalue weighted by Crippen LogP contribution is 2.24. The molecule has 0 spiro atoms. The van der Waals surface area contributed by atoms with Crippen molar-refractivity contribution in [2.24, 2.45) is 5.92 Å². The molecule has 0 bridgehead atoms. The molecule has 2 rings (SSSR count). The van der Waals surface area contributed by atoms with Gasteiger partial charge in [-0.05, 0) is 47.2 Å². The minimum atomic E-state index is -0.341. The van der Waals surface area contributed by atoms with Crippen LogP contribution < -0.4 is 5.32 Å². The van der Waals surface area contributed by atoms with Crippen molar-refractivity contribution in [2.75, 3.05) is 0 Å². The van der Waals surface area contributed by atoms with E-state index in [1.165, 1.54) is 29.8 Å². The summed E-state index contributed by atoms with van der Waals surface area (Å²) >= 11 is 0. The Morgan fingerprint density at radius 2 is 1.39 bits per heavy atom. The van der Waals surface area contributed by atoms with Crippen LogP contribution in [0.2, 0.25) is 0 Å². The number of hydrogen-bond donors (Lipinski definition) is 1. The first-order valence-corrected chi connectivity index (χ1v) is 8.04. The van der Waals surface area contributed by atoms with Crippen molar-refractivity contribution in [3.8, 4) is 0 Å². The average Bonchev–Trinajstić information content (AvgIpc) is 2.53. The maximum Gasteiger partial charge on any atom is 0.251 e. The fraction of sp³-hybridized carbons (Fsp3) is 0.350. The number of hydrogen-bond acceptors (Lipinski definition) is 1. The van der Waals surface area contributed by atoms with Gasteiger partial charge >= 0.3 is 0 Å². The van der Waals surface area contributed by atoms with Gasteiger partial charge in [-0.25, -0.2) is 4.39 Å². The zero-order chi connectivity index (χ0) is 17.0. The van der Waals surface area contributed by atoms with Crippen molar-refractivity contribution in [3.63, 3.8) is 0 Å². The average molecular weight is 313 g/mol. The predicted molar refractivity (Wildman–Crippen MR) is 92.0 cm³/mol. The summed E-state index contributed by atoms with van der Waals surface area (Å²) < 4.78 is 13.0. The summed E-state index contributed by atoms with van der Waals surface area (Å²) in [5.41, 5.74) is 2.83. The molecule has 0 radical (unpaired) electrons. The zero-order valence-corrected chi connectivity index (χ0v) is 14.1. The second kappa shape index (κ2) is 7.40. The SMILES string of the molecule is CC(C)c1ccc([C@@H](NC(=O)c2ccc(F)cc2)C(C)C)cc1. The maximum atomic E-state index is 13.0. The molecule has 2 aromatic rings. The lowest BCUT2D eigenvalue weighted by atomic mass is 9.93. The van der Waals surface area contributed by atoms with Crippen LogP contribution in [0.15, 0.2) is 48.5 Å². The molecule has 0 saturated heterocycles. The number of carbonyl (C=O) groups is 1. The van der Waals surface area contributed by atoms with Gasteiger partial charge in [-0.3, -0.25) is 4.79 Å². The smallest absolute Gasteiger partial charge is 0.251 e. The molecule has 0 aliphatic rings. The van der Waals surface area contributed by atoms with E-state index in [9.17, 15) is 9.18 Å². The summed E-state index contributed by atoms with van der Waals surface area (Å²) in [5, 5.41) is 3.06. The first-order chi connectivity index (χ1) is 10.9. The molecular weight excluding hydrogens is 289 g/mol. The second-order valence-corrected chi connectivity index (χ2v) is 6.52. The van der Waals surface area contributed by atoms with Gasteiger partial charge in [-0.1, -0.05) is 52.0 Å². The highest BCUT2D eigenvalue weighted by molar-refractivity contribution is 5.94. The maximum absolute atomic E-state index is 13.0. The van der Waals surface area contributed by atoms with Crippen molar-refractivity contribution < 1.29 is 9.18 Å². The highest BCUT2D eigenvalue weighted by Gasteiger charge is 2.19. The van der Waals surface area contributed by atoms with Gasteiger partial charge in [0, 0.05) is 5.56 Å². The minimum absolute atomic E-state index is 0.0752. The number of carbonyl (C=O) groups excluding carboxylic acids is 1. The monoisotopic (exact) mass is 313 g/mol. The summed E-state index contributed by atoms with van der Waals surface area (Å²) in [7, 11) is 0. The lowest BCUT2D eigenvalue weighted by molar-refractivity contribution is 0.0925. The topological polar surface area (TPSA) is 29.1 Å². The van der Waals surface area contributed by atoms with Crippen LogP contribution >= 0.6 is 0 Å². The van der Waals surface area contributed by atoms with Crippen molar-refractivity contribution in [2.45, 2.75) is 39.7 Å². The Bertz CT molecular complexity index is 644. The molecule has 23 heavy (non-hydrogen) atoms. The molecule has 1 atom stereocenters. The molecule has 0 heterocycles. The van der Waals surface area contributed by atoms with Crippen molar-refractivity contribution >= 4 is 5.91 Å². The molecule has 0 aliphatic heterocycles. The van der Waals surface area contributed by atoms with E-state index >= 15 is 0 Å². The third-order valence-corrected chi connectivity index (χ3v) is 4.02. The van der Waals surface area contributed by atoms with Crippen LogP contribution in [-0.4, -0.2) is 5.91 Å². The first kappa shape index (κ1) is 17.2. The van der Waals surface area contributed by atoms with Gasteiger partial charge in [0.05, 0.1) is 6.04 Å². The number of halogens is 1. The first-order valence-electron chi connectivity index (χ1n) is 8.04. The van der Waals surface area contributed by atoms with Crippen LogP contribution in [0.25, 0.3) is 0 Å². The van der Waals surface area contributed by atoms with E-state index in [1.54, 1.807) is 0 Å². The van der Waals surface area contributed by atoms with E-state index in [0.29, 0.717) is 11.5 Å². The van der Waals surface area contributed by atoms with Crippen LogP contribution in [0.3, 0.4) is 0 Å². The summed E-state index contributed by atoms with van der Waals surface area (Å²) in [4.78, 5) is 12.4. The third kappa shape index (κ3) is 4.41. The number of benzene rings is 2. The van der Waals surface area contributed by atoms with E-state index in [2.05, 4.69) is 57.3 Å². The van der Waals surface area contributed by atoms with Crippen molar-refractivity contribution in [1.29, 1.82) is 0 Å². The third-order valence-electron chi connectivity index (χ3n) is 4.02. The van der Waals surface area contributed by atoms with Gasteiger partial charge < -0.3 is 5.32 Å². The summed E-state index contributed by atoms with van der Waals surface area (Å²) in [6.45, 7) is 8.47. The molecular formula is C20H24FNO. The van der Waals surface area contributed by atoms with E-state index in [4.69, 9.17) is 0 Å². The van der Waals surface area contributed by atoms with Crippen molar-refractivity contribution in [1.82, 2.24) is 5.32 Å². The predicted octanol–water partition coefficient (Wildman–Crippen LogP) is 5.08. The molecule has 0 saturated carbocycles. The normalized spacial score (nSPS) is 12.5. The molecule has 3 heteroatoms. The van der Waals surface area contributed by atoms with Crippen LogP contribution in [0, 0.1) is 11.7 Å². The molecule has 2 nitrogen and oxygen atoms in total. The largest absolute Gasteiger partial charge is 0.345 e. The quantitative estimate of drug-likeness (QED) is 0.819. The zero-order valence-electron chi connectivity index (χ0n) is 14.1. The highest BCUT2D eigenvalue weighted by atomic mass is 19.1. The van der Waals surface area contributed by atoms with Gasteiger partial charge in [0.15, 0.2) is 0 Å². The van der Waals surface area contributed by atoms with Crippen LogP contribution in [0.1, 0.15) is 61.1 Å². The molecule has 0 unspecified atom stereocenters. The molecule has 122 valence electrons. The Morgan fingerprint density at radius 3 is 1.87 bits per heavy atom. The van der Waals surface area contributed by atoms with Gasteiger partial charge in [0.1, 0.15) is 5.82 Å². The fourth-order valence-electron chi connectivity index (χ4n) is 2.55. The standard InChI is InChI=1S/C20H24FNO/c1-13(2)15-5-7-16(8-6-15)19(14(3)4)22-20(23)17-9-11-18(21)12-10-17/h5-14,19H,1-4H3,(H,22,23)/t19-/m0/s1. The number of nitrogens with one attached hydrogen (secondary N) is 1. The molecule has 1 amide bonds. The van der Waals surface area contributed by atoms with Gasteiger partial charge in [-0.15, -0.1) is 0 Å². The Kier molecular flexibility index (Phi) is 5.54. The summed E-state index contributed by atoms with van der Waals surface area (Å²) in [6, 6.07) is 13.9. The number of rotatable bonds is 5. The van der Waals surface area contributed by atoms with E-state index < -0.39 is 0 Å². The van der Waals surface area contributed by atoms with Gasteiger partial charge in [0.25, 0.3) is 5.91 Å². The van der Waals surface area contributed by atoms with Gasteiger partial charge in [-0.2, -0.15) is 0 Å². The molecule has 1 N–H and O–H groups in total. The lowest BCUT2D eigenvalue weighted by Crippen LogP contribution is -2.31. The number of amides is 1. The Hall–Kier alpha value is -2.16. The van der Waals surface area contributed by atoms with E-state index in [1.807, 2.05) is 0 Å². The second-order valence-electron chi connectivity index (χ2n) is 6.52.